The maximum absolute atomic E-state index is 3.20. The molecule has 2 aliphatic carbocycles. The highest BCUT2D eigenvalue weighted by Gasteiger charge is 2.18. The highest BCUT2D eigenvalue weighted by atomic mass is 15.0. The Kier molecular flexibility index (Phi) is 6.29. The minimum absolute atomic E-state index is 1.07. The van der Waals surface area contributed by atoms with E-state index in [-0.39, 0.29) is 0 Å². The van der Waals surface area contributed by atoms with E-state index in [4.69, 9.17) is 0 Å². The van der Waals surface area contributed by atoms with Crippen LogP contribution in [0, 0.1) is 0 Å². The van der Waals surface area contributed by atoms with Crippen LogP contribution in [0.2, 0.25) is 0 Å². The van der Waals surface area contributed by atoms with Crippen LogP contribution in [-0.2, 0) is 0 Å². The van der Waals surface area contributed by atoms with Crippen LogP contribution in [0.15, 0.2) is 163 Å². The number of hydrogen-bond donors (Lipinski definition) is 0. The first kappa shape index (κ1) is 27.7. The Labute approximate surface area is 285 Å². The van der Waals surface area contributed by atoms with Crippen molar-refractivity contribution in [1.82, 2.24) is 4.57 Å². The number of allylic oxidation sites excluding steroid dienone is 4. The molecule has 8 aromatic rings. The molecule has 0 spiro atoms. The molecule has 10 rings (SSSR count). The lowest BCUT2D eigenvalue weighted by Crippen LogP contribution is -2.00. The maximum atomic E-state index is 3.20. The van der Waals surface area contributed by atoms with Gasteiger partial charge < -0.3 is 4.57 Å². The van der Waals surface area contributed by atoms with E-state index in [9.17, 15) is 0 Å². The fourth-order valence-electron chi connectivity index (χ4n) is 7.92. The van der Waals surface area contributed by atoms with Crippen LogP contribution < -0.4 is 0 Å². The average molecular weight is 622 g/mol. The molecule has 49 heavy (non-hydrogen) atoms. The summed E-state index contributed by atoms with van der Waals surface area (Å²) in [7, 11) is 0. The third kappa shape index (κ3) is 4.50. The third-order valence-corrected chi connectivity index (χ3v) is 10.3. The van der Waals surface area contributed by atoms with Gasteiger partial charge in [0.15, 0.2) is 0 Å². The van der Waals surface area contributed by atoms with Gasteiger partial charge in [-0.1, -0.05) is 127 Å². The molecular weight excluding hydrogens is 591 g/mol. The van der Waals surface area contributed by atoms with Crippen molar-refractivity contribution >= 4 is 61.1 Å². The summed E-state index contributed by atoms with van der Waals surface area (Å²) in [5.41, 5.74) is 18.5. The summed E-state index contributed by atoms with van der Waals surface area (Å²) in [5.74, 6) is 0. The summed E-state index contributed by atoms with van der Waals surface area (Å²) in [6, 6.07) is 49.3. The van der Waals surface area contributed by atoms with Crippen molar-refractivity contribution in [2.45, 2.75) is 12.8 Å². The SMILES string of the molecule is C1=C=Cc2c(c3cc(-c4cccc(-c5cccc(-c6ccc7c8ccccc8c8ccccc8c7c6)c5)c4)ccc3n2C2=CCCC=C2)C=1. The van der Waals surface area contributed by atoms with Gasteiger partial charge in [0, 0.05) is 22.7 Å². The Morgan fingerprint density at radius 3 is 1.57 bits per heavy atom. The van der Waals surface area contributed by atoms with E-state index in [1.165, 1.54) is 93.6 Å². The molecule has 0 atom stereocenters. The molecule has 0 amide bonds. The molecule has 0 bridgehead atoms. The molecule has 0 radical (unpaired) electrons. The van der Waals surface area contributed by atoms with E-state index in [0.717, 1.165) is 12.8 Å². The molecule has 1 aromatic heterocycles. The van der Waals surface area contributed by atoms with E-state index in [2.05, 4.69) is 180 Å². The third-order valence-electron chi connectivity index (χ3n) is 10.3. The van der Waals surface area contributed by atoms with Crippen molar-refractivity contribution in [2.24, 2.45) is 0 Å². The largest absolute Gasteiger partial charge is 0.309 e. The Balaban J connectivity index is 1.05. The molecule has 0 aliphatic heterocycles. The van der Waals surface area contributed by atoms with Crippen LogP contribution in [0.1, 0.15) is 24.1 Å². The summed E-state index contributed by atoms with van der Waals surface area (Å²) < 4.78 is 2.37. The second-order valence-electron chi connectivity index (χ2n) is 13.1. The van der Waals surface area contributed by atoms with Crippen LogP contribution in [0.4, 0.5) is 0 Å². The van der Waals surface area contributed by atoms with E-state index in [1.54, 1.807) is 0 Å². The lowest BCUT2D eigenvalue weighted by Gasteiger charge is -2.13. The number of nitrogens with zero attached hydrogens (tertiary/aromatic N) is 1. The van der Waals surface area contributed by atoms with Crippen molar-refractivity contribution in [3.8, 4) is 33.4 Å². The van der Waals surface area contributed by atoms with E-state index in [0.29, 0.717) is 0 Å². The van der Waals surface area contributed by atoms with Crippen molar-refractivity contribution < 1.29 is 0 Å². The first-order chi connectivity index (χ1) is 24.3. The van der Waals surface area contributed by atoms with Crippen molar-refractivity contribution in [3.63, 3.8) is 0 Å². The van der Waals surface area contributed by atoms with Crippen molar-refractivity contribution in [1.29, 1.82) is 0 Å². The van der Waals surface area contributed by atoms with E-state index >= 15 is 0 Å². The summed E-state index contributed by atoms with van der Waals surface area (Å²) in [4.78, 5) is 0. The Morgan fingerprint density at radius 2 is 0.959 bits per heavy atom. The molecule has 2 aliphatic rings. The monoisotopic (exact) mass is 621 g/mol. The highest BCUT2D eigenvalue weighted by Crippen LogP contribution is 2.39. The zero-order valence-electron chi connectivity index (χ0n) is 26.9. The lowest BCUT2D eigenvalue weighted by atomic mass is 9.91. The van der Waals surface area contributed by atoms with Gasteiger partial charge in [0.05, 0.1) is 11.2 Å². The van der Waals surface area contributed by atoms with Crippen LogP contribution in [0.5, 0.6) is 0 Å². The maximum Gasteiger partial charge on any atom is 0.0630 e. The Bertz CT molecular complexity index is 2800. The van der Waals surface area contributed by atoms with Gasteiger partial charge >= 0.3 is 0 Å². The molecule has 1 heterocycles. The van der Waals surface area contributed by atoms with E-state index in [1.807, 2.05) is 0 Å². The molecule has 7 aromatic carbocycles. The van der Waals surface area contributed by atoms with E-state index < -0.39 is 0 Å². The van der Waals surface area contributed by atoms with Gasteiger partial charge in [0.1, 0.15) is 0 Å². The van der Waals surface area contributed by atoms with Gasteiger partial charge in [-0.2, -0.15) is 0 Å². The summed E-state index contributed by atoms with van der Waals surface area (Å²) in [6.45, 7) is 0. The average Bonchev–Trinajstić information content (AvgIpc) is 3.52. The van der Waals surface area contributed by atoms with Crippen LogP contribution in [-0.4, -0.2) is 4.57 Å². The van der Waals surface area contributed by atoms with Gasteiger partial charge in [-0.3, -0.25) is 0 Å². The highest BCUT2D eigenvalue weighted by molar-refractivity contribution is 6.25. The van der Waals surface area contributed by atoms with Crippen LogP contribution in [0.25, 0.3) is 94.5 Å². The summed E-state index contributed by atoms with van der Waals surface area (Å²) in [5, 5.41) is 9.03. The number of benzene rings is 7. The minimum atomic E-state index is 1.07. The molecular formula is C48H31N. The number of aromatic nitrogens is 1. The summed E-state index contributed by atoms with van der Waals surface area (Å²) >= 11 is 0. The molecule has 0 fully saturated rings. The molecule has 228 valence electrons. The lowest BCUT2D eigenvalue weighted by molar-refractivity contribution is 1.01. The zero-order valence-corrected chi connectivity index (χ0v) is 26.9. The fourth-order valence-corrected chi connectivity index (χ4v) is 7.92. The van der Waals surface area contributed by atoms with Crippen molar-refractivity contribution in [2.75, 3.05) is 0 Å². The first-order valence-corrected chi connectivity index (χ1v) is 17.1. The van der Waals surface area contributed by atoms with Gasteiger partial charge in [-0.25, -0.2) is 0 Å². The smallest absolute Gasteiger partial charge is 0.0630 e. The number of fused-ring (bicyclic) bond motifs is 9. The normalized spacial score (nSPS) is 13.5. The topological polar surface area (TPSA) is 4.93 Å². The molecule has 1 nitrogen and oxygen atoms in total. The molecule has 0 unspecified atom stereocenters. The van der Waals surface area contributed by atoms with Crippen LogP contribution in [0.3, 0.4) is 0 Å². The minimum Gasteiger partial charge on any atom is -0.309 e. The summed E-state index contributed by atoms with van der Waals surface area (Å²) in [6.07, 6.45) is 13.1. The predicted octanol–water partition coefficient (Wildman–Crippen LogP) is 13.1. The second kappa shape index (κ2) is 11.1. The molecule has 0 saturated heterocycles. The van der Waals surface area contributed by atoms with Gasteiger partial charge in [0.2, 0.25) is 0 Å². The molecule has 1 heteroatoms. The number of hydrogen-bond acceptors (Lipinski definition) is 0. The second-order valence-corrected chi connectivity index (χ2v) is 13.1. The Hall–Kier alpha value is -6.36. The van der Waals surface area contributed by atoms with Gasteiger partial charge in [0.25, 0.3) is 0 Å². The quantitative estimate of drug-likeness (QED) is 0.136. The number of rotatable bonds is 4. The molecule has 0 saturated carbocycles. The van der Waals surface area contributed by atoms with Gasteiger partial charge in [-0.15, -0.1) is 0 Å². The fraction of sp³-hybridized carbons (Fsp3) is 0.0417. The molecule has 0 N–H and O–H groups in total. The van der Waals surface area contributed by atoms with Crippen molar-refractivity contribution in [3.05, 3.63) is 174 Å². The van der Waals surface area contributed by atoms with Gasteiger partial charge in [-0.05, 0) is 121 Å². The standard InChI is InChI=1S/C48H31N/c1-2-16-38(17-3-1)49-47-23-9-8-22-44(47)46-31-37(25-27-48(46)49)35-15-11-13-33(29-35)32-12-10-14-34(28-32)36-24-26-43-41-20-5-4-18-39(41)40-19-6-7-21-42(40)45(43)30-36/h2,4-7,10-31H,1,3H2. The first-order valence-electron chi connectivity index (χ1n) is 17.1. The van der Waals surface area contributed by atoms with Crippen LogP contribution >= 0.6 is 0 Å². The predicted molar refractivity (Wildman–Crippen MR) is 209 cm³/mol. The zero-order chi connectivity index (χ0) is 32.3. The Morgan fingerprint density at radius 1 is 0.429 bits per heavy atom.